The van der Waals surface area contributed by atoms with Gasteiger partial charge < -0.3 is 9.84 Å². The van der Waals surface area contributed by atoms with Gasteiger partial charge in [-0.05, 0) is 27.2 Å². The molecule has 1 fully saturated rings. The third-order valence-electron chi connectivity index (χ3n) is 3.64. The Labute approximate surface area is 125 Å². The van der Waals surface area contributed by atoms with Crippen LogP contribution in [0.25, 0.3) is 0 Å². The standard InChI is InChI=1S/C13H23N3O4S/c1-10-9-15(6-8-20-10)21(18,19)13-11(2)14-16(12(13)3)5-4-7-17/h10,17H,4-9H2,1-3H3. The van der Waals surface area contributed by atoms with Crippen molar-refractivity contribution >= 4 is 10.0 Å². The van der Waals surface area contributed by atoms with E-state index in [2.05, 4.69) is 5.10 Å². The normalized spacial score (nSPS) is 20.9. The second-order valence-corrected chi connectivity index (χ2v) is 7.22. The van der Waals surface area contributed by atoms with E-state index in [1.807, 2.05) is 6.92 Å². The van der Waals surface area contributed by atoms with Gasteiger partial charge in [0.1, 0.15) is 4.90 Å². The molecule has 0 aliphatic carbocycles. The van der Waals surface area contributed by atoms with Crippen LogP contribution in [0.2, 0.25) is 0 Å². The van der Waals surface area contributed by atoms with Crippen molar-refractivity contribution in [3.05, 3.63) is 11.4 Å². The summed E-state index contributed by atoms with van der Waals surface area (Å²) in [6.07, 6.45) is 0.453. The molecule has 1 aromatic heterocycles. The van der Waals surface area contributed by atoms with Gasteiger partial charge in [0.05, 0.1) is 24.1 Å². The third-order valence-corrected chi connectivity index (χ3v) is 5.76. The second-order valence-electron chi connectivity index (χ2n) is 5.34. The van der Waals surface area contributed by atoms with Crippen LogP contribution in [0.15, 0.2) is 4.90 Å². The van der Waals surface area contributed by atoms with E-state index in [9.17, 15) is 8.42 Å². The number of aliphatic hydroxyl groups excluding tert-OH is 1. The minimum absolute atomic E-state index is 0.0570. The van der Waals surface area contributed by atoms with E-state index >= 15 is 0 Å². The summed E-state index contributed by atoms with van der Waals surface area (Å²) in [7, 11) is -3.55. The van der Waals surface area contributed by atoms with Gasteiger partial charge in [-0.15, -0.1) is 0 Å². The minimum atomic E-state index is -3.55. The number of aromatic nitrogens is 2. The van der Waals surface area contributed by atoms with Crippen molar-refractivity contribution in [2.24, 2.45) is 0 Å². The zero-order valence-corrected chi connectivity index (χ0v) is 13.6. The Balaban J connectivity index is 2.33. The van der Waals surface area contributed by atoms with Gasteiger partial charge in [-0.3, -0.25) is 4.68 Å². The smallest absolute Gasteiger partial charge is 0.246 e. The van der Waals surface area contributed by atoms with Gasteiger partial charge in [-0.25, -0.2) is 8.42 Å². The van der Waals surface area contributed by atoms with Crippen molar-refractivity contribution in [1.29, 1.82) is 0 Å². The second kappa shape index (κ2) is 6.43. The van der Waals surface area contributed by atoms with Crippen LogP contribution in [0.3, 0.4) is 0 Å². The zero-order chi connectivity index (χ0) is 15.6. The summed E-state index contributed by atoms with van der Waals surface area (Å²) >= 11 is 0. The molecule has 0 radical (unpaired) electrons. The summed E-state index contributed by atoms with van der Waals surface area (Å²) in [5, 5.41) is 13.2. The molecule has 8 heteroatoms. The Morgan fingerprint density at radius 2 is 2.14 bits per heavy atom. The lowest BCUT2D eigenvalue weighted by atomic mass is 10.3. The third kappa shape index (κ3) is 3.28. The lowest BCUT2D eigenvalue weighted by molar-refractivity contribution is 0.0101. The summed E-state index contributed by atoms with van der Waals surface area (Å²) in [4.78, 5) is 0.287. The van der Waals surface area contributed by atoms with Crippen molar-refractivity contribution in [3.63, 3.8) is 0 Å². The molecule has 0 aromatic carbocycles. The maximum absolute atomic E-state index is 12.8. The molecule has 0 amide bonds. The molecule has 1 saturated heterocycles. The van der Waals surface area contributed by atoms with Crippen molar-refractivity contribution in [1.82, 2.24) is 14.1 Å². The fourth-order valence-electron chi connectivity index (χ4n) is 2.63. The molecular formula is C13H23N3O4S. The first kappa shape index (κ1) is 16.4. The van der Waals surface area contributed by atoms with Crippen LogP contribution in [0.5, 0.6) is 0 Å². The highest BCUT2D eigenvalue weighted by molar-refractivity contribution is 7.89. The van der Waals surface area contributed by atoms with Gasteiger partial charge >= 0.3 is 0 Å². The molecular weight excluding hydrogens is 294 g/mol. The van der Waals surface area contributed by atoms with E-state index in [1.54, 1.807) is 18.5 Å². The maximum atomic E-state index is 12.8. The molecule has 1 aromatic rings. The van der Waals surface area contributed by atoms with Gasteiger partial charge in [-0.2, -0.15) is 9.40 Å². The number of aryl methyl sites for hydroxylation is 2. The van der Waals surface area contributed by atoms with E-state index in [4.69, 9.17) is 9.84 Å². The lowest BCUT2D eigenvalue weighted by Crippen LogP contribution is -2.44. The molecule has 1 unspecified atom stereocenters. The van der Waals surface area contributed by atoms with E-state index in [0.29, 0.717) is 44.0 Å². The van der Waals surface area contributed by atoms with Crippen molar-refractivity contribution < 1.29 is 18.3 Å². The number of sulfonamides is 1. The number of hydrogen-bond donors (Lipinski definition) is 1. The van der Waals surface area contributed by atoms with Gasteiger partial charge in [0, 0.05) is 26.2 Å². The summed E-state index contributed by atoms with van der Waals surface area (Å²) in [6, 6.07) is 0. The Morgan fingerprint density at radius 1 is 1.43 bits per heavy atom. The highest BCUT2D eigenvalue weighted by atomic mass is 32.2. The van der Waals surface area contributed by atoms with Gasteiger partial charge in [0.2, 0.25) is 10.0 Å². The van der Waals surface area contributed by atoms with Crippen molar-refractivity contribution in [2.45, 2.75) is 44.7 Å². The molecule has 0 spiro atoms. The number of ether oxygens (including phenoxy) is 1. The first-order chi connectivity index (χ1) is 9.87. The SMILES string of the molecule is Cc1nn(CCCO)c(C)c1S(=O)(=O)N1CCOC(C)C1. The molecule has 0 bridgehead atoms. The van der Waals surface area contributed by atoms with Crippen LogP contribution in [0.4, 0.5) is 0 Å². The average molecular weight is 317 g/mol. The molecule has 1 aliphatic rings. The quantitative estimate of drug-likeness (QED) is 0.844. The minimum Gasteiger partial charge on any atom is -0.396 e. The van der Waals surface area contributed by atoms with Crippen LogP contribution >= 0.6 is 0 Å². The topological polar surface area (TPSA) is 84.7 Å². The Kier molecular flexibility index (Phi) is 5.03. The largest absolute Gasteiger partial charge is 0.396 e. The highest BCUT2D eigenvalue weighted by Gasteiger charge is 2.33. The van der Waals surface area contributed by atoms with E-state index in [-0.39, 0.29) is 17.6 Å². The van der Waals surface area contributed by atoms with Crippen LogP contribution in [0.1, 0.15) is 24.7 Å². The Bertz CT molecular complexity index is 597. The predicted molar refractivity (Wildman–Crippen MR) is 77.6 cm³/mol. The van der Waals surface area contributed by atoms with E-state index in [0.717, 1.165) is 0 Å². The Morgan fingerprint density at radius 3 is 2.76 bits per heavy atom. The number of morpholine rings is 1. The molecule has 1 N–H and O–H groups in total. The lowest BCUT2D eigenvalue weighted by Gasteiger charge is -2.30. The number of nitrogens with zero attached hydrogens (tertiary/aromatic N) is 3. The summed E-state index contributed by atoms with van der Waals surface area (Å²) in [5.74, 6) is 0. The number of aliphatic hydroxyl groups is 1. The summed E-state index contributed by atoms with van der Waals surface area (Å²) < 4.78 is 34.2. The molecule has 120 valence electrons. The van der Waals surface area contributed by atoms with E-state index < -0.39 is 10.0 Å². The molecule has 1 atom stereocenters. The molecule has 1 aliphatic heterocycles. The van der Waals surface area contributed by atoms with E-state index in [1.165, 1.54) is 4.31 Å². The zero-order valence-electron chi connectivity index (χ0n) is 12.7. The predicted octanol–water partition coefficient (Wildman–Crippen LogP) is 0.292. The molecule has 2 heterocycles. The Hall–Kier alpha value is -0.960. The van der Waals surface area contributed by atoms with Crippen molar-refractivity contribution in [2.75, 3.05) is 26.3 Å². The molecule has 2 rings (SSSR count). The monoisotopic (exact) mass is 317 g/mol. The van der Waals surface area contributed by atoms with Crippen LogP contribution in [-0.4, -0.2) is 60.0 Å². The first-order valence-corrected chi connectivity index (χ1v) is 8.58. The number of rotatable bonds is 5. The van der Waals surface area contributed by atoms with Gasteiger partial charge in [-0.1, -0.05) is 0 Å². The molecule has 21 heavy (non-hydrogen) atoms. The fraction of sp³-hybridized carbons (Fsp3) is 0.769. The van der Waals surface area contributed by atoms with Crippen molar-refractivity contribution in [3.8, 4) is 0 Å². The maximum Gasteiger partial charge on any atom is 0.246 e. The van der Waals surface area contributed by atoms with Crippen LogP contribution in [0, 0.1) is 13.8 Å². The van der Waals surface area contributed by atoms with Gasteiger partial charge in [0.15, 0.2) is 0 Å². The molecule has 7 nitrogen and oxygen atoms in total. The average Bonchev–Trinajstić information content (AvgIpc) is 2.71. The van der Waals surface area contributed by atoms with Gasteiger partial charge in [0.25, 0.3) is 0 Å². The highest BCUT2D eigenvalue weighted by Crippen LogP contribution is 2.25. The van der Waals surface area contributed by atoms with Crippen LogP contribution < -0.4 is 0 Å². The summed E-state index contributed by atoms with van der Waals surface area (Å²) in [6.45, 7) is 7.05. The molecule has 0 saturated carbocycles. The first-order valence-electron chi connectivity index (χ1n) is 7.14. The van der Waals surface area contributed by atoms with Crippen LogP contribution in [-0.2, 0) is 21.3 Å². The number of hydrogen-bond acceptors (Lipinski definition) is 5. The summed E-state index contributed by atoms with van der Waals surface area (Å²) in [5.41, 5.74) is 1.13. The fourth-order valence-corrected chi connectivity index (χ4v) is 4.50.